The fourth-order valence-corrected chi connectivity index (χ4v) is 17.1. The molecule has 9 heteroatoms. The first-order valence-electron chi connectivity index (χ1n) is 9.72. The van der Waals surface area contributed by atoms with E-state index >= 15 is 0 Å². The number of rotatable bonds is 10. The van der Waals surface area contributed by atoms with E-state index in [0.717, 1.165) is 0 Å². The van der Waals surface area contributed by atoms with E-state index in [1.165, 1.54) is 6.08 Å². The molecular weight excluding hydrogens is 409 g/mol. The lowest BCUT2D eigenvalue weighted by molar-refractivity contribution is -0.141. The zero-order chi connectivity index (χ0) is 21.9. The van der Waals surface area contributed by atoms with Crippen LogP contribution in [-0.2, 0) is 21.9 Å². The molecule has 0 aromatic rings. The van der Waals surface area contributed by atoms with Crippen LogP contribution in [0.3, 0.4) is 0 Å². The second-order valence-electron chi connectivity index (χ2n) is 10.4. The summed E-state index contributed by atoms with van der Waals surface area (Å²) in [6.07, 6.45) is 1.77. The van der Waals surface area contributed by atoms with Gasteiger partial charge in [-0.3, -0.25) is 0 Å². The molecule has 0 radical (unpaired) electrons. The predicted octanol–water partition coefficient (Wildman–Crippen LogP) is 5.70. The smallest absolute Gasteiger partial charge is 0.455 e. The van der Waals surface area contributed by atoms with Crippen molar-refractivity contribution in [3.8, 4) is 0 Å². The molecule has 5 nitrogen and oxygen atoms in total. The monoisotopic (exact) mass is 450 g/mol. The van der Waals surface area contributed by atoms with Crippen LogP contribution in [0, 0.1) is 0 Å². The van der Waals surface area contributed by atoms with Gasteiger partial charge in [-0.1, -0.05) is 34.3 Å². The fraction of sp³-hybridized carbons (Fsp3) is 0.833. The van der Waals surface area contributed by atoms with Crippen molar-refractivity contribution in [2.24, 2.45) is 0 Å². The van der Waals surface area contributed by atoms with E-state index in [1.807, 2.05) is 6.92 Å². The van der Waals surface area contributed by atoms with Gasteiger partial charge in [0.25, 0.3) is 0 Å². The molecule has 0 spiro atoms. The van der Waals surface area contributed by atoms with Crippen LogP contribution < -0.4 is 0 Å². The third kappa shape index (κ3) is 8.88. The van der Waals surface area contributed by atoms with Gasteiger partial charge in [0, 0.05) is 6.08 Å². The summed E-state index contributed by atoms with van der Waals surface area (Å²) < 4.78 is 26.1. The molecule has 160 valence electrons. The molecule has 0 saturated heterocycles. The average molecular weight is 451 g/mol. The lowest BCUT2D eigenvalue weighted by Crippen LogP contribution is -2.69. The zero-order valence-corrected chi connectivity index (χ0v) is 23.6. The Bertz CT molecular complexity index is 499. The van der Waals surface area contributed by atoms with Crippen LogP contribution in [0.2, 0.25) is 57.4 Å². The molecule has 27 heavy (non-hydrogen) atoms. The summed E-state index contributed by atoms with van der Waals surface area (Å²) in [7, 11) is -9.67. The first-order chi connectivity index (χ1) is 11.8. The number of ether oxygens (including phenoxy) is 1. The molecule has 0 rings (SSSR count). The minimum absolute atomic E-state index is 0.0163. The summed E-state index contributed by atoms with van der Waals surface area (Å²) in [6.45, 7) is 29.2. The van der Waals surface area contributed by atoms with Crippen LogP contribution in [0.5, 0.6) is 0 Å². The maximum atomic E-state index is 12.1. The van der Waals surface area contributed by atoms with Gasteiger partial charge in [-0.15, -0.1) is 0 Å². The molecule has 0 N–H and O–H groups in total. The molecule has 0 aliphatic rings. The Morgan fingerprint density at radius 3 is 1.59 bits per heavy atom. The van der Waals surface area contributed by atoms with Crippen molar-refractivity contribution in [2.75, 3.05) is 0 Å². The average Bonchev–Trinajstić information content (AvgIpc) is 2.38. The maximum Gasteiger partial charge on any atom is 0.512 e. The van der Waals surface area contributed by atoms with Gasteiger partial charge in [0.1, 0.15) is 0 Å². The molecule has 0 amide bonds. The van der Waals surface area contributed by atoms with E-state index in [4.69, 9.17) is 17.1 Å². The van der Waals surface area contributed by atoms with Crippen molar-refractivity contribution < 1.29 is 21.9 Å². The van der Waals surface area contributed by atoms with Crippen LogP contribution in [0.4, 0.5) is 0 Å². The number of hydrogen-bond donors (Lipinski definition) is 0. The van der Waals surface area contributed by atoms with Gasteiger partial charge in [0.15, 0.2) is 30.7 Å². The highest BCUT2D eigenvalue weighted by molar-refractivity contribution is 6.91. The molecule has 1 atom stereocenters. The van der Waals surface area contributed by atoms with E-state index < -0.39 is 45.5 Å². The predicted molar refractivity (Wildman–Crippen MR) is 123 cm³/mol. The van der Waals surface area contributed by atoms with Crippen LogP contribution in [0.25, 0.3) is 0 Å². The molecule has 0 aromatic carbocycles. The summed E-state index contributed by atoms with van der Waals surface area (Å²) >= 11 is 0. The Morgan fingerprint density at radius 2 is 1.33 bits per heavy atom. The second-order valence-corrected chi connectivity index (χ2v) is 27.7. The highest BCUT2D eigenvalue weighted by Crippen LogP contribution is 2.41. The van der Waals surface area contributed by atoms with Gasteiger partial charge >= 0.3 is 14.8 Å². The van der Waals surface area contributed by atoms with Crippen molar-refractivity contribution in [3.05, 3.63) is 12.7 Å². The molecule has 0 saturated carbocycles. The topological polar surface area (TPSA) is 54.0 Å². The van der Waals surface area contributed by atoms with Gasteiger partial charge in [0.05, 0.1) is 0 Å². The molecule has 0 heterocycles. The Hall–Kier alpha value is -0.0425. The molecular formula is C18H42O5Si4. The second kappa shape index (κ2) is 9.18. The first-order valence-corrected chi connectivity index (χ1v) is 21.2. The zero-order valence-electron chi connectivity index (χ0n) is 19.6. The van der Waals surface area contributed by atoms with E-state index in [0.29, 0.717) is 6.42 Å². The van der Waals surface area contributed by atoms with Crippen LogP contribution >= 0.6 is 0 Å². The number of carbonyl (C=O) groups excluding carboxylic acids is 1. The van der Waals surface area contributed by atoms with Gasteiger partial charge in [0.2, 0.25) is 0 Å². The van der Waals surface area contributed by atoms with Gasteiger partial charge < -0.3 is 17.1 Å². The SMILES string of the molecule is C=CC(=O)OC(CC)[Si](O[Si](C)(C)C)(O[Si](C)(C)C)O[Si](C)(C)C(C)(C)C. The first kappa shape index (κ1) is 27.0. The highest BCUT2D eigenvalue weighted by atomic mass is 28.5. The van der Waals surface area contributed by atoms with E-state index in [9.17, 15) is 4.79 Å². The van der Waals surface area contributed by atoms with Crippen LogP contribution in [0.15, 0.2) is 12.7 Å². The minimum Gasteiger partial charge on any atom is -0.455 e. The number of esters is 1. The van der Waals surface area contributed by atoms with E-state index in [-0.39, 0.29) is 5.04 Å². The Morgan fingerprint density at radius 1 is 0.926 bits per heavy atom. The highest BCUT2D eigenvalue weighted by Gasteiger charge is 2.59. The molecule has 0 bridgehead atoms. The summed E-state index contributed by atoms with van der Waals surface area (Å²) in [5, 5.41) is -0.0163. The van der Waals surface area contributed by atoms with Crippen molar-refractivity contribution >= 4 is 39.7 Å². The molecule has 0 fully saturated rings. The van der Waals surface area contributed by atoms with Crippen LogP contribution in [0.1, 0.15) is 34.1 Å². The summed E-state index contributed by atoms with van der Waals surface area (Å²) in [4.78, 5) is 12.1. The van der Waals surface area contributed by atoms with Crippen molar-refractivity contribution in [1.29, 1.82) is 0 Å². The van der Waals surface area contributed by atoms with Crippen molar-refractivity contribution in [2.45, 2.75) is 97.3 Å². The normalized spacial score (nSPS) is 15.4. The van der Waals surface area contributed by atoms with Crippen LogP contribution in [-0.4, -0.2) is 45.5 Å². The molecule has 0 aromatic heterocycles. The molecule has 0 aliphatic carbocycles. The Labute approximate surface area is 171 Å². The largest absolute Gasteiger partial charge is 0.512 e. The van der Waals surface area contributed by atoms with Crippen molar-refractivity contribution in [1.82, 2.24) is 0 Å². The molecule has 0 aliphatic heterocycles. The summed E-state index contributed by atoms with van der Waals surface area (Å²) in [5.41, 5.74) is -0.532. The third-order valence-electron chi connectivity index (χ3n) is 4.29. The lowest BCUT2D eigenvalue weighted by Gasteiger charge is -2.49. The van der Waals surface area contributed by atoms with Crippen molar-refractivity contribution in [3.63, 3.8) is 0 Å². The van der Waals surface area contributed by atoms with Gasteiger partial charge in [-0.25, -0.2) is 4.79 Å². The molecule has 1 unspecified atom stereocenters. The Balaban J connectivity index is 6.46. The maximum absolute atomic E-state index is 12.1. The third-order valence-corrected chi connectivity index (χ3v) is 19.6. The standard InChI is InChI=1S/C18H42O5Si4/c1-14-16(19)20-17(15-2)27(21-24(6,7)8,22-25(9,10)11)23-26(12,13)18(3,4)5/h14,17H,1,15H2,2-13H3. The summed E-state index contributed by atoms with van der Waals surface area (Å²) in [6, 6.07) is 0. The van der Waals surface area contributed by atoms with E-state index in [1.54, 1.807) is 0 Å². The minimum atomic E-state index is -3.33. The van der Waals surface area contributed by atoms with E-state index in [2.05, 4.69) is 79.7 Å². The Kier molecular flexibility index (Phi) is 9.17. The summed E-state index contributed by atoms with van der Waals surface area (Å²) in [5.74, 6) is -0.462. The van der Waals surface area contributed by atoms with Gasteiger partial charge in [-0.2, -0.15) is 0 Å². The van der Waals surface area contributed by atoms with Gasteiger partial charge in [-0.05, 0) is 63.8 Å². The lowest BCUT2D eigenvalue weighted by atomic mass is 10.2. The quantitative estimate of drug-likeness (QED) is 0.243. The number of carbonyl (C=O) groups is 1. The fourth-order valence-electron chi connectivity index (χ4n) is 2.22. The number of hydrogen-bond acceptors (Lipinski definition) is 5.